The Balaban J connectivity index is 1.42. The number of esters is 2. The third kappa shape index (κ3) is 9.16. The maximum absolute atomic E-state index is 13.9. The predicted molar refractivity (Wildman–Crippen MR) is 164 cm³/mol. The van der Waals surface area contributed by atoms with Crippen LogP contribution in [0.25, 0.3) is 11.2 Å². The van der Waals surface area contributed by atoms with Gasteiger partial charge in [0.05, 0.1) is 17.4 Å². The standard InChI is InChI=1S/C30H36N5O9P/c1-29(2,3)27(36)41-20-7-11-22(12-8-20)43-45(38,44-23-13-9-21(10-14-23)42-28(37)30(4,5)6)19-39-15-16-40-35-18-34-24-25(31)32-17-33-26(24)35/h7-14,17-18H,15-16,19H2,1-6H3,(H2,31,32,33). The average molecular weight is 642 g/mol. The third-order valence-corrected chi connectivity index (χ3v) is 7.30. The van der Waals surface area contributed by atoms with Gasteiger partial charge in [-0.1, -0.05) is 0 Å². The number of nitrogens with zero attached hydrogens (tertiary/aromatic N) is 4. The van der Waals surface area contributed by atoms with Gasteiger partial charge in [0.1, 0.15) is 42.3 Å². The molecule has 0 aliphatic heterocycles. The summed E-state index contributed by atoms with van der Waals surface area (Å²) in [5, 5.41) is 0. The van der Waals surface area contributed by atoms with Crippen molar-refractivity contribution in [1.82, 2.24) is 19.7 Å². The van der Waals surface area contributed by atoms with Gasteiger partial charge in [0.25, 0.3) is 0 Å². The summed E-state index contributed by atoms with van der Waals surface area (Å²) in [4.78, 5) is 42.2. The zero-order valence-corrected chi connectivity index (χ0v) is 26.8. The molecule has 15 heteroatoms. The first-order valence-corrected chi connectivity index (χ1v) is 15.6. The molecule has 4 aromatic rings. The summed E-state index contributed by atoms with van der Waals surface area (Å²) in [6, 6.07) is 12.1. The Kier molecular flexibility index (Phi) is 9.99. The van der Waals surface area contributed by atoms with Crippen LogP contribution in [0, 0.1) is 10.8 Å². The topological polar surface area (TPSA) is 176 Å². The fourth-order valence-electron chi connectivity index (χ4n) is 3.35. The molecule has 45 heavy (non-hydrogen) atoms. The van der Waals surface area contributed by atoms with E-state index in [0.717, 1.165) is 0 Å². The summed E-state index contributed by atoms with van der Waals surface area (Å²) in [7, 11) is -4.00. The summed E-state index contributed by atoms with van der Waals surface area (Å²) >= 11 is 0. The number of carbonyl (C=O) groups is 2. The van der Waals surface area contributed by atoms with E-state index in [0.29, 0.717) is 22.7 Å². The first-order valence-electron chi connectivity index (χ1n) is 13.9. The zero-order valence-electron chi connectivity index (χ0n) is 25.9. The van der Waals surface area contributed by atoms with Gasteiger partial charge in [-0.25, -0.2) is 19.5 Å². The number of fused-ring (bicyclic) bond motifs is 1. The fraction of sp³-hybridized carbons (Fsp3) is 0.367. The van der Waals surface area contributed by atoms with E-state index in [1.165, 1.54) is 65.9 Å². The molecule has 4 rings (SSSR count). The van der Waals surface area contributed by atoms with Crippen LogP contribution < -0.4 is 29.1 Å². The third-order valence-electron chi connectivity index (χ3n) is 5.82. The van der Waals surface area contributed by atoms with Crippen LogP contribution in [0.1, 0.15) is 41.5 Å². The Morgan fingerprint density at radius 2 is 1.24 bits per heavy atom. The molecule has 0 fully saturated rings. The van der Waals surface area contributed by atoms with Crippen molar-refractivity contribution in [1.29, 1.82) is 0 Å². The Hall–Kier alpha value is -4.68. The number of ether oxygens (including phenoxy) is 3. The summed E-state index contributed by atoms with van der Waals surface area (Å²) in [5.74, 6) is 0.374. The summed E-state index contributed by atoms with van der Waals surface area (Å²) in [6.45, 7) is 10.5. The molecule has 14 nitrogen and oxygen atoms in total. The molecule has 0 spiro atoms. The van der Waals surface area contributed by atoms with Crippen LogP contribution in [0.4, 0.5) is 5.82 Å². The van der Waals surface area contributed by atoms with Crippen molar-refractivity contribution in [2.45, 2.75) is 41.5 Å². The second-order valence-electron chi connectivity index (χ2n) is 11.9. The maximum Gasteiger partial charge on any atom is 0.456 e. The van der Waals surface area contributed by atoms with Gasteiger partial charge in [-0.15, -0.1) is 0 Å². The molecule has 2 aromatic carbocycles. The van der Waals surface area contributed by atoms with Crippen LogP contribution in [-0.2, 0) is 18.9 Å². The van der Waals surface area contributed by atoms with Crippen molar-refractivity contribution >= 4 is 36.5 Å². The number of hydrogen-bond acceptors (Lipinski definition) is 13. The van der Waals surface area contributed by atoms with Crippen molar-refractivity contribution in [3.63, 3.8) is 0 Å². The molecule has 0 radical (unpaired) electrons. The van der Waals surface area contributed by atoms with Gasteiger partial charge in [0.15, 0.2) is 17.7 Å². The molecule has 2 aromatic heterocycles. The minimum atomic E-state index is -4.00. The maximum atomic E-state index is 13.9. The first-order chi connectivity index (χ1) is 21.1. The Morgan fingerprint density at radius 1 is 0.756 bits per heavy atom. The second-order valence-corrected chi connectivity index (χ2v) is 13.7. The molecule has 0 unspecified atom stereocenters. The van der Waals surface area contributed by atoms with E-state index >= 15 is 0 Å². The lowest BCUT2D eigenvalue weighted by Gasteiger charge is -2.21. The van der Waals surface area contributed by atoms with E-state index in [1.807, 2.05) is 0 Å². The van der Waals surface area contributed by atoms with Crippen LogP contribution in [0.2, 0.25) is 0 Å². The molecule has 0 saturated heterocycles. The van der Waals surface area contributed by atoms with Crippen molar-refractivity contribution in [3.8, 4) is 23.0 Å². The Morgan fingerprint density at radius 3 is 1.73 bits per heavy atom. The number of anilines is 1. The highest BCUT2D eigenvalue weighted by atomic mass is 31.2. The van der Waals surface area contributed by atoms with Gasteiger partial charge < -0.3 is 33.8 Å². The number of nitrogens with two attached hydrogens (primary N) is 1. The van der Waals surface area contributed by atoms with Gasteiger partial charge in [-0.2, -0.15) is 4.73 Å². The summed E-state index contributed by atoms with van der Waals surface area (Å²) in [6.07, 6.45) is 2.25. The summed E-state index contributed by atoms with van der Waals surface area (Å²) in [5.41, 5.74) is 5.20. The monoisotopic (exact) mass is 641 g/mol. The number of benzene rings is 2. The molecule has 0 amide bonds. The molecular weight excluding hydrogens is 605 g/mol. The van der Waals surface area contributed by atoms with Crippen LogP contribution >= 0.6 is 7.60 Å². The molecular formula is C30H36N5O9P. The number of rotatable bonds is 12. The molecule has 0 atom stereocenters. The van der Waals surface area contributed by atoms with Crippen LogP contribution in [0.15, 0.2) is 61.2 Å². The van der Waals surface area contributed by atoms with Gasteiger partial charge in [-0.05, 0) is 90.1 Å². The zero-order chi connectivity index (χ0) is 32.8. The minimum absolute atomic E-state index is 0.000332. The lowest BCUT2D eigenvalue weighted by molar-refractivity contribution is -0.143. The number of aromatic nitrogens is 4. The van der Waals surface area contributed by atoms with E-state index < -0.39 is 36.7 Å². The molecule has 240 valence electrons. The Bertz CT molecular complexity index is 1600. The van der Waals surface area contributed by atoms with Crippen LogP contribution in [0.3, 0.4) is 0 Å². The van der Waals surface area contributed by atoms with Gasteiger partial charge in [0, 0.05) is 0 Å². The highest BCUT2D eigenvalue weighted by Gasteiger charge is 2.30. The van der Waals surface area contributed by atoms with Crippen LogP contribution in [-0.4, -0.2) is 51.2 Å². The van der Waals surface area contributed by atoms with E-state index in [9.17, 15) is 14.2 Å². The smallest absolute Gasteiger partial charge is 0.426 e. The predicted octanol–water partition coefficient (Wildman–Crippen LogP) is 5.07. The summed E-state index contributed by atoms with van der Waals surface area (Å²) < 4.78 is 43.2. The highest BCUT2D eigenvalue weighted by Crippen LogP contribution is 2.49. The van der Waals surface area contributed by atoms with E-state index in [-0.39, 0.29) is 30.5 Å². The molecule has 0 aliphatic carbocycles. The fourth-order valence-corrected chi connectivity index (χ4v) is 4.73. The van der Waals surface area contributed by atoms with Gasteiger partial charge >= 0.3 is 19.5 Å². The lowest BCUT2D eigenvalue weighted by Crippen LogP contribution is -2.25. The highest BCUT2D eigenvalue weighted by molar-refractivity contribution is 7.54. The molecule has 0 saturated carbocycles. The number of nitrogen functional groups attached to an aromatic ring is 1. The quantitative estimate of drug-likeness (QED) is 0.0940. The number of hydrogen-bond donors (Lipinski definition) is 1. The first kappa shape index (κ1) is 33.2. The number of imidazole rings is 1. The minimum Gasteiger partial charge on any atom is -0.426 e. The molecule has 0 bridgehead atoms. The van der Waals surface area contributed by atoms with E-state index in [4.69, 9.17) is 33.8 Å². The lowest BCUT2D eigenvalue weighted by atomic mass is 9.97. The number of carbonyl (C=O) groups excluding carboxylic acids is 2. The van der Waals surface area contributed by atoms with E-state index in [1.54, 1.807) is 41.5 Å². The van der Waals surface area contributed by atoms with Crippen molar-refractivity contribution in [2.24, 2.45) is 10.8 Å². The van der Waals surface area contributed by atoms with Crippen molar-refractivity contribution < 1.29 is 42.2 Å². The second kappa shape index (κ2) is 13.5. The SMILES string of the molecule is CC(C)(C)C(=O)Oc1ccc(OP(=O)(COCCOn2cnc3c(N)ncnc32)Oc2ccc(OC(=O)C(C)(C)C)cc2)cc1. The molecule has 0 aliphatic rings. The van der Waals surface area contributed by atoms with Gasteiger partial charge in [0.2, 0.25) is 5.65 Å². The van der Waals surface area contributed by atoms with Crippen LogP contribution in [0.5, 0.6) is 23.0 Å². The Labute approximate surface area is 260 Å². The van der Waals surface area contributed by atoms with Gasteiger partial charge in [-0.3, -0.25) is 9.59 Å². The van der Waals surface area contributed by atoms with Crippen molar-refractivity contribution in [3.05, 3.63) is 61.2 Å². The van der Waals surface area contributed by atoms with E-state index in [2.05, 4.69) is 15.0 Å². The largest absolute Gasteiger partial charge is 0.456 e. The molecule has 2 heterocycles. The van der Waals surface area contributed by atoms with Crippen molar-refractivity contribution in [2.75, 3.05) is 25.3 Å². The normalized spacial score (nSPS) is 12.0. The average Bonchev–Trinajstić information content (AvgIpc) is 3.38. The molecule has 2 N–H and O–H groups in total.